The van der Waals surface area contributed by atoms with Crippen LogP contribution in [0, 0.1) is 5.92 Å². The van der Waals surface area contributed by atoms with Crippen LogP contribution in [0.15, 0.2) is 0 Å². The van der Waals surface area contributed by atoms with Gasteiger partial charge in [-0.3, -0.25) is 0 Å². The van der Waals surface area contributed by atoms with E-state index in [9.17, 15) is 44.0 Å². The van der Waals surface area contributed by atoms with Gasteiger partial charge in [0.25, 0.3) is 0 Å². The number of rotatable bonds is 9. The molecule has 0 amide bonds. The van der Waals surface area contributed by atoms with Crippen molar-refractivity contribution in [3.05, 3.63) is 0 Å². The van der Waals surface area contributed by atoms with E-state index < -0.39 is 71.0 Å². The quantitative estimate of drug-likeness (QED) is 0.468. The lowest BCUT2D eigenvalue weighted by Gasteiger charge is -2.36. The molecule has 0 heterocycles. The van der Waals surface area contributed by atoms with Crippen molar-refractivity contribution in [1.82, 2.24) is 0 Å². The van der Waals surface area contributed by atoms with Crippen molar-refractivity contribution in [3.63, 3.8) is 0 Å². The molecule has 3 atom stereocenters. The van der Waals surface area contributed by atoms with E-state index in [1.54, 1.807) is 0 Å². The van der Waals surface area contributed by atoms with Crippen molar-refractivity contribution < 1.29 is 44.0 Å². The lowest BCUT2D eigenvalue weighted by molar-refractivity contribution is 0.198. The molecular weight excluding hydrogens is 376 g/mol. The molecule has 0 bridgehead atoms. The van der Waals surface area contributed by atoms with Gasteiger partial charge in [0.15, 0.2) is 0 Å². The highest BCUT2D eigenvalue weighted by molar-refractivity contribution is 7.87. The molecule has 0 radical (unpaired) electrons. The van der Waals surface area contributed by atoms with Crippen molar-refractivity contribution in [2.75, 3.05) is 0 Å². The second kappa shape index (κ2) is 7.29. The molecule has 0 aliphatic rings. The van der Waals surface area contributed by atoms with E-state index in [1.165, 1.54) is 13.8 Å². The zero-order valence-electron chi connectivity index (χ0n) is 12.7. The molecule has 3 unspecified atom stereocenters. The molecule has 0 aromatic heterocycles. The van der Waals surface area contributed by atoms with Crippen LogP contribution in [0.1, 0.15) is 40.0 Å². The van der Waals surface area contributed by atoms with Gasteiger partial charge in [0, 0.05) is 6.42 Å². The molecule has 0 aliphatic carbocycles. The Kier molecular flexibility index (Phi) is 7.19. The summed E-state index contributed by atoms with van der Waals surface area (Å²) in [5.41, 5.74) is -2.64. The molecule has 13 heteroatoms. The van der Waals surface area contributed by atoms with Crippen LogP contribution in [0.2, 0.25) is 0 Å². The zero-order chi connectivity index (χ0) is 18.9. The van der Waals surface area contributed by atoms with Crippen molar-refractivity contribution in [2.24, 2.45) is 5.92 Å². The first kappa shape index (κ1) is 22.7. The molecule has 0 saturated carbocycles. The van der Waals surface area contributed by atoms with Crippen molar-refractivity contribution in [3.8, 4) is 0 Å². The Morgan fingerprint density at radius 3 is 1.65 bits per heavy atom. The van der Waals surface area contributed by atoms with Gasteiger partial charge in [-0.1, -0.05) is 13.8 Å². The largest absolute Gasteiger partial charge is 0.748 e. The second-order valence-corrected chi connectivity index (χ2v) is 10.9. The third kappa shape index (κ3) is 6.60. The first-order valence-corrected chi connectivity index (χ1v) is 10.8. The predicted molar refractivity (Wildman–Crippen MR) is 76.0 cm³/mol. The van der Waals surface area contributed by atoms with E-state index in [4.69, 9.17) is 0 Å². The molecule has 23 heavy (non-hydrogen) atoms. The molecule has 140 valence electrons. The number of hydrogen-bond donors (Lipinski definition) is 1. The van der Waals surface area contributed by atoms with Crippen molar-refractivity contribution in [1.29, 1.82) is 0 Å². The summed E-state index contributed by atoms with van der Waals surface area (Å²) in [4.78, 5) is 0. The summed E-state index contributed by atoms with van der Waals surface area (Å²) < 4.78 is 97.2. The highest BCUT2D eigenvalue weighted by Gasteiger charge is 2.37. The molecule has 1 N–H and O–H groups in total. The van der Waals surface area contributed by atoms with E-state index in [1.807, 2.05) is 0 Å². The molecule has 0 saturated heterocycles. The van der Waals surface area contributed by atoms with Gasteiger partial charge in [-0.15, -0.1) is 0 Å². The summed E-state index contributed by atoms with van der Waals surface area (Å²) in [6, 6.07) is 0. The first-order chi connectivity index (χ1) is 9.92. The minimum Gasteiger partial charge on any atom is -0.748 e. The fourth-order valence-electron chi connectivity index (χ4n) is 2.06. The summed E-state index contributed by atoms with van der Waals surface area (Å²) >= 11 is 0. The minimum absolute atomic E-state index is 0.535. The van der Waals surface area contributed by atoms with Gasteiger partial charge in [0.2, 0.25) is 0 Å². The third-order valence-corrected chi connectivity index (χ3v) is 7.55. The average molecular weight is 395 g/mol. The zero-order valence-corrected chi connectivity index (χ0v) is 15.1. The summed E-state index contributed by atoms with van der Waals surface area (Å²) in [5.74, 6) is -0.677. The fourth-order valence-corrected chi connectivity index (χ4v) is 4.54. The molecule has 0 aromatic carbocycles. The maximum atomic E-state index is 11.4. The van der Waals surface area contributed by atoms with Gasteiger partial charge >= 0.3 is 0 Å². The molecule has 10 nitrogen and oxygen atoms in total. The maximum absolute atomic E-state index is 11.4. The topological polar surface area (TPSA) is 192 Å². The van der Waals surface area contributed by atoms with E-state index in [0.717, 1.165) is 6.92 Å². The monoisotopic (exact) mass is 395 g/mol. The van der Waals surface area contributed by atoms with E-state index in [2.05, 4.69) is 0 Å². The number of aliphatic hydroxyl groups excluding tert-OH is 1. The first-order valence-electron chi connectivity index (χ1n) is 6.45. The van der Waals surface area contributed by atoms with Crippen LogP contribution in [0.25, 0.3) is 0 Å². The van der Waals surface area contributed by atoms with Crippen LogP contribution < -0.4 is 0 Å². The van der Waals surface area contributed by atoms with Gasteiger partial charge in [0.05, 0.1) is 20.1 Å². The Hall–Kier alpha value is -0.310. The highest BCUT2D eigenvalue weighted by Crippen LogP contribution is 2.32. The third-order valence-electron chi connectivity index (χ3n) is 3.62. The van der Waals surface area contributed by atoms with Gasteiger partial charge in [-0.25, -0.2) is 25.3 Å². The van der Waals surface area contributed by atoms with Crippen molar-refractivity contribution >= 4 is 30.4 Å². The second-order valence-electron chi connectivity index (χ2n) is 5.87. The Morgan fingerprint density at radius 2 is 1.39 bits per heavy atom. The van der Waals surface area contributed by atoms with Gasteiger partial charge in [-0.05, 0) is 25.7 Å². The Bertz CT molecular complexity index is 706. The normalized spacial score (nSPS) is 19.3. The van der Waals surface area contributed by atoms with Crippen LogP contribution in [-0.2, 0) is 30.4 Å². The molecule has 0 rings (SSSR count). The Balaban J connectivity index is 5.54. The Morgan fingerprint density at radius 1 is 0.957 bits per heavy atom. The summed E-state index contributed by atoms with van der Waals surface area (Å²) in [5, 5.41) is 7.74. The van der Waals surface area contributed by atoms with Gasteiger partial charge in [-0.2, -0.15) is 0 Å². The Labute approximate surface area is 136 Å². The number of aliphatic hydroxyl groups is 1. The minimum atomic E-state index is -5.26. The predicted octanol–water partition coefficient (Wildman–Crippen LogP) is -1.11. The smallest absolute Gasteiger partial charge is 0.145 e. The van der Waals surface area contributed by atoms with E-state index >= 15 is 0 Å². The van der Waals surface area contributed by atoms with Gasteiger partial charge in [0.1, 0.15) is 25.7 Å². The van der Waals surface area contributed by atoms with Crippen LogP contribution in [0.5, 0.6) is 0 Å². The molecule has 0 aromatic rings. The molecule has 0 spiro atoms. The maximum Gasteiger partial charge on any atom is 0.145 e. The SMILES string of the molecule is CC(C)C(CCC(C)(CC(O)S(=O)(=O)[O-])S(=O)(=O)[O-])S(=O)(=O)[O-]. The molecule has 0 aliphatic heterocycles. The van der Waals surface area contributed by atoms with Crippen LogP contribution in [0.4, 0.5) is 0 Å². The lowest BCUT2D eigenvalue weighted by atomic mass is 9.96. The fraction of sp³-hybridized carbons (Fsp3) is 1.00. The summed E-state index contributed by atoms with van der Waals surface area (Å²) in [6.07, 6.45) is -2.45. The number of hydrogen-bond acceptors (Lipinski definition) is 10. The van der Waals surface area contributed by atoms with Crippen LogP contribution in [0.3, 0.4) is 0 Å². The van der Waals surface area contributed by atoms with Crippen molar-refractivity contribution in [2.45, 2.75) is 55.5 Å². The molecule has 0 fully saturated rings. The van der Waals surface area contributed by atoms with Crippen LogP contribution in [-0.4, -0.2) is 59.5 Å². The standard InChI is InChI=1S/C10H22O10S3/c1-7(2)8(21(12,13)14)4-5-10(3,23(18,19)20)6-9(11)22(15,16)17/h7-9,11H,4-6H2,1-3H3,(H,12,13,14)(H,15,16,17)(H,18,19,20)/p-3. The summed E-state index contributed by atoms with van der Waals surface area (Å²) in [6.45, 7) is 3.60. The van der Waals surface area contributed by atoms with E-state index in [-0.39, 0.29) is 0 Å². The average Bonchev–Trinajstić information content (AvgIpc) is 2.23. The van der Waals surface area contributed by atoms with Crippen LogP contribution >= 0.6 is 0 Å². The molecular formula is C10H19O10S3-3. The lowest BCUT2D eigenvalue weighted by Crippen LogP contribution is -2.42. The summed E-state index contributed by atoms with van der Waals surface area (Å²) in [7, 11) is -15.2. The van der Waals surface area contributed by atoms with Gasteiger partial charge < -0.3 is 18.8 Å². The highest BCUT2D eigenvalue weighted by atomic mass is 32.2. The van der Waals surface area contributed by atoms with E-state index in [0.29, 0.717) is 0 Å².